The molecule has 5 N–H and O–H groups in total. The normalized spacial score (nSPS) is 23.3. The number of aliphatic hydroxyl groups excluding tert-OH is 4. The third kappa shape index (κ3) is 4.95. The highest BCUT2D eigenvalue weighted by atomic mass is 16.7. The largest absolute Gasteiger partial charge is 0.504 e. The molecule has 10 heteroatoms. The number of hydrogen-bond acceptors (Lipinski definition) is 10. The Hall–Kier alpha value is -3.93. The van der Waals surface area contributed by atoms with Gasteiger partial charge in [-0.15, -0.1) is 0 Å². The van der Waals surface area contributed by atoms with Gasteiger partial charge in [0.25, 0.3) is 0 Å². The van der Waals surface area contributed by atoms with Crippen molar-refractivity contribution in [3.63, 3.8) is 0 Å². The number of rotatable bonds is 7. The molecule has 0 spiro atoms. The van der Waals surface area contributed by atoms with Gasteiger partial charge in [-0.05, 0) is 5.56 Å². The molecule has 0 radical (unpaired) electrons. The molecule has 0 unspecified atom stereocenters. The Morgan fingerprint density at radius 1 is 0.868 bits per heavy atom. The minimum absolute atomic E-state index is 0.00161. The third-order valence-electron chi connectivity index (χ3n) is 6.29. The fourth-order valence-corrected chi connectivity index (χ4v) is 4.25. The van der Waals surface area contributed by atoms with Crippen molar-refractivity contribution >= 4 is 11.0 Å². The SMILES string of the molecule is O=c1cc(-c2ccccc2)oc2cc(O[C@H]3O[C@H](CO)[C@H](O)[C@H](O)[C@H]3O)c(OCc3ccccc3)c(O)c12. The molecule has 1 aromatic heterocycles. The summed E-state index contributed by atoms with van der Waals surface area (Å²) in [6.45, 7) is -0.654. The maximum atomic E-state index is 13.1. The van der Waals surface area contributed by atoms with Gasteiger partial charge in [-0.1, -0.05) is 60.7 Å². The molecule has 4 aromatic rings. The van der Waals surface area contributed by atoms with Gasteiger partial charge in [0.1, 0.15) is 47.8 Å². The number of aromatic hydroxyl groups is 1. The van der Waals surface area contributed by atoms with Crippen LogP contribution >= 0.6 is 0 Å². The second kappa shape index (κ2) is 10.8. The van der Waals surface area contributed by atoms with Gasteiger partial charge in [0.2, 0.25) is 12.0 Å². The van der Waals surface area contributed by atoms with Crippen LogP contribution in [0.4, 0.5) is 0 Å². The lowest BCUT2D eigenvalue weighted by molar-refractivity contribution is -0.277. The van der Waals surface area contributed by atoms with Crippen LogP contribution in [0.25, 0.3) is 22.3 Å². The smallest absolute Gasteiger partial charge is 0.229 e. The topological polar surface area (TPSA) is 159 Å². The Kier molecular flexibility index (Phi) is 7.32. The maximum absolute atomic E-state index is 13.1. The zero-order chi connectivity index (χ0) is 26.8. The Bertz CT molecular complexity index is 1450. The van der Waals surface area contributed by atoms with E-state index in [1.165, 1.54) is 12.1 Å². The number of benzene rings is 3. The fourth-order valence-electron chi connectivity index (χ4n) is 4.25. The van der Waals surface area contributed by atoms with Gasteiger partial charge in [0.05, 0.1) is 6.61 Å². The molecule has 0 amide bonds. The highest BCUT2D eigenvalue weighted by Gasteiger charge is 2.45. The molecule has 0 bridgehead atoms. The van der Waals surface area contributed by atoms with Gasteiger partial charge < -0.3 is 44.2 Å². The van der Waals surface area contributed by atoms with Gasteiger partial charge in [-0.2, -0.15) is 0 Å². The summed E-state index contributed by atoms with van der Waals surface area (Å²) >= 11 is 0. The van der Waals surface area contributed by atoms with Gasteiger partial charge >= 0.3 is 0 Å². The third-order valence-corrected chi connectivity index (χ3v) is 6.29. The summed E-state index contributed by atoms with van der Waals surface area (Å²) in [5, 5.41) is 51.3. The van der Waals surface area contributed by atoms with Crippen molar-refractivity contribution in [1.82, 2.24) is 0 Å². The quantitative estimate of drug-likeness (QED) is 0.243. The highest BCUT2D eigenvalue weighted by Crippen LogP contribution is 2.44. The molecule has 5 rings (SSSR count). The summed E-state index contributed by atoms with van der Waals surface area (Å²) in [6, 6.07) is 20.5. The summed E-state index contributed by atoms with van der Waals surface area (Å²) in [5.74, 6) is -0.688. The van der Waals surface area contributed by atoms with E-state index in [2.05, 4.69) is 0 Å². The number of phenolic OH excluding ortho intramolecular Hbond substituents is 1. The first-order valence-electron chi connectivity index (χ1n) is 11.9. The molecule has 1 fully saturated rings. The Balaban J connectivity index is 1.60. The van der Waals surface area contributed by atoms with Crippen LogP contribution in [0.1, 0.15) is 5.56 Å². The fraction of sp³-hybridized carbons (Fsp3) is 0.250. The summed E-state index contributed by atoms with van der Waals surface area (Å²) in [6.07, 6.45) is -7.76. The van der Waals surface area contributed by atoms with Crippen LogP contribution in [0.5, 0.6) is 17.2 Å². The molecule has 0 saturated carbocycles. The molecule has 3 aromatic carbocycles. The van der Waals surface area contributed by atoms with E-state index in [1.807, 2.05) is 24.3 Å². The van der Waals surface area contributed by atoms with E-state index in [0.717, 1.165) is 5.56 Å². The zero-order valence-corrected chi connectivity index (χ0v) is 20.0. The zero-order valence-electron chi connectivity index (χ0n) is 20.0. The summed E-state index contributed by atoms with van der Waals surface area (Å²) in [4.78, 5) is 13.1. The van der Waals surface area contributed by atoms with Crippen molar-refractivity contribution < 1.29 is 44.2 Å². The molecule has 198 valence electrons. The summed E-state index contributed by atoms with van der Waals surface area (Å²) in [5.41, 5.74) is 0.844. The molecular formula is C28H26O10. The van der Waals surface area contributed by atoms with E-state index < -0.39 is 48.5 Å². The highest BCUT2D eigenvalue weighted by molar-refractivity contribution is 5.89. The van der Waals surface area contributed by atoms with Crippen LogP contribution in [-0.4, -0.2) is 62.8 Å². The standard InChI is InChI=1S/C28H26O10/c29-13-21-23(31)25(33)26(34)28(38-21)37-20-12-19-22(17(30)11-18(36-19)16-9-5-2-6-10-16)24(32)27(20)35-14-15-7-3-1-4-8-15/h1-12,21,23,25-26,28-29,31-34H,13-14H2/t21-,23+,25+,26-,28+/m1/s1. The number of ether oxygens (including phenoxy) is 3. The number of hydrogen-bond donors (Lipinski definition) is 5. The van der Waals surface area contributed by atoms with Crippen molar-refractivity contribution in [3.8, 4) is 28.6 Å². The molecule has 5 atom stereocenters. The molecule has 2 heterocycles. The molecule has 10 nitrogen and oxygen atoms in total. The predicted molar refractivity (Wildman–Crippen MR) is 135 cm³/mol. The number of phenols is 1. The predicted octanol–water partition coefficient (Wildman–Crippen LogP) is 1.92. The van der Waals surface area contributed by atoms with Gasteiger partial charge in [0.15, 0.2) is 16.9 Å². The van der Waals surface area contributed by atoms with Crippen molar-refractivity contribution in [2.45, 2.75) is 37.3 Å². The lowest BCUT2D eigenvalue weighted by atomic mass is 9.99. The van der Waals surface area contributed by atoms with Gasteiger partial charge in [-0.3, -0.25) is 4.79 Å². The van der Waals surface area contributed by atoms with E-state index in [-0.39, 0.29) is 34.8 Å². The van der Waals surface area contributed by atoms with Crippen LogP contribution in [0.2, 0.25) is 0 Å². The van der Waals surface area contributed by atoms with Crippen LogP contribution in [0, 0.1) is 0 Å². The van der Waals surface area contributed by atoms with E-state index in [1.54, 1.807) is 36.4 Å². The van der Waals surface area contributed by atoms with E-state index in [4.69, 9.17) is 18.6 Å². The van der Waals surface area contributed by atoms with E-state index in [9.17, 15) is 30.3 Å². The van der Waals surface area contributed by atoms with Crippen molar-refractivity contribution in [2.24, 2.45) is 0 Å². The Morgan fingerprint density at radius 3 is 2.24 bits per heavy atom. The average Bonchev–Trinajstić information content (AvgIpc) is 2.93. The molecular weight excluding hydrogens is 496 g/mol. The molecule has 1 aliphatic heterocycles. The Labute approximate surface area is 216 Å². The van der Waals surface area contributed by atoms with Crippen LogP contribution < -0.4 is 14.9 Å². The minimum Gasteiger partial charge on any atom is -0.504 e. The summed E-state index contributed by atoms with van der Waals surface area (Å²) < 4.78 is 23.1. The van der Waals surface area contributed by atoms with Crippen molar-refractivity contribution in [3.05, 3.63) is 88.6 Å². The number of aliphatic hydroxyl groups is 4. The first kappa shape index (κ1) is 25.7. The second-order valence-electron chi connectivity index (χ2n) is 8.86. The van der Waals surface area contributed by atoms with Gasteiger partial charge in [-0.25, -0.2) is 0 Å². The molecule has 1 saturated heterocycles. The van der Waals surface area contributed by atoms with Crippen LogP contribution in [0.15, 0.2) is 82.0 Å². The average molecular weight is 523 g/mol. The first-order chi connectivity index (χ1) is 18.4. The molecule has 1 aliphatic rings. The lowest BCUT2D eigenvalue weighted by Crippen LogP contribution is -2.60. The maximum Gasteiger partial charge on any atom is 0.229 e. The minimum atomic E-state index is -1.71. The van der Waals surface area contributed by atoms with Crippen molar-refractivity contribution in [1.29, 1.82) is 0 Å². The van der Waals surface area contributed by atoms with Crippen molar-refractivity contribution in [2.75, 3.05) is 6.61 Å². The molecule has 38 heavy (non-hydrogen) atoms. The first-order valence-corrected chi connectivity index (χ1v) is 11.9. The van der Waals surface area contributed by atoms with E-state index >= 15 is 0 Å². The van der Waals surface area contributed by atoms with Crippen LogP contribution in [0.3, 0.4) is 0 Å². The monoisotopic (exact) mass is 522 g/mol. The number of fused-ring (bicyclic) bond motifs is 1. The van der Waals surface area contributed by atoms with E-state index in [0.29, 0.717) is 5.56 Å². The Morgan fingerprint density at radius 2 is 1.55 bits per heavy atom. The molecule has 0 aliphatic carbocycles. The summed E-state index contributed by atoms with van der Waals surface area (Å²) in [7, 11) is 0. The van der Waals surface area contributed by atoms with Crippen LogP contribution in [-0.2, 0) is 11.3 Å². The second-order valence-corrected chi connectivity index (χ2v) is 8.86. The lowest BCUT2D eigenvalue weighted by Gasteiger charge is -2.39. The van der Waals surface area contributed by atoms with Gasteiger partial charge in [0, 0.05) is 17.7 Å².